The summed E-state index contributed by atoms with van der Waals surface area (Å²) >= 11 is 0. The van der Waals surface area contributed by atoms with Crippen molar-refractivity contribution < 1.29 is 90.6 Å². The lowest BCUT2D eigenvalue weighted by Crippen LogP contribution is -2.65. The van der Waals surface area contributed by atoms with Crippen molar-refractivity contribution in [3.8, 4) is 0 Å². The highest BCUT2D eigenvalue weighted by atomic mass is 31.2. The van der Waals surface area contributed by atoms with Gasteiger partial charge in [0.15, 0.2) is 6.10 Å². The molecule has 19 nitrogen and oxygen atoms in total. The molecule has 0 aromatic heterocycles. The fraction of sp³-hybridized carbons (Fsp3) is 0.860. The number of hydrogen-bond acceptors (Lipinski definition) is 14. The summed E-state index contributed by atoms with van der Waals surface area (Å²) in [5, 5.41) is 31.8. The quantitative estimate of drug-likeness (QED) is 0.0124. The summed E-state index contributed by atoms with van der Waals surface area (Å²) in [5.74, 6) is -1.31. The van der Waals surface area contributed by atoms with E-state index < -0.39 is 91.3 Å². The Morgan fingerprint density at radius 1 is 0.492 bits per heavy atom. The zero-order chi connectivity index (χ0) is 48.6. The summed E-state index contributed by atoms with van der Waals surface area (Å²) in [4.78, 5) is 73.1. The smallest absolute Gasteiger partial charge is 0.462 e. The van der Waals surface area contributed by atoms with Crippen molar-refractivity contribution in [1.29, 1.82) is 0 Å². The van der Waals surface area contributed by atoms with Gasteiger partial charge in [-0.05, 0) is 38.5 Å². The molecule has 0 aromatic carbocycles. The average Bonchev–Trinajstić information content (AvgIpc) is 3.23. The van der Waals surface area contributed by atoms with Crippen molar-refractivity contribution in [2.24, 2.45) is 0 Å². The van der Waals surface area contributed by atoms with Gasteiger partial charge >= 0.3 is 35.4 Å². The lowest BCUT2D eigenvalue weighted by atomic mass is 9.85. The van der Waals surface area contributed by atoms with Gasteiger partial charge in [-0.3, -0.25) is 27.7 Å². The Balaban J connectivity index is 2.74. The monoisotopic (exact) mass is 994 g/mol. The van der Waals surface area contributed by atoms with E-state index in [-0.39, 0.29) is 12.8 Å². The molecule has 0 spiro atoms. The van der Waals surface area contributed by atoms with Crippen molar-refractivity contribution in [1.82, 2.24) is 0 Å². The molecule has 0 aliphatic heterocycles. The van der Waals surface area contributed by atoms with Gasteiger partial charge in [0.2, 0.25) is 0 Å². The van der Waals surface area contributed by atoms with E-state index in [4.69, 9.17) is 18.5 Å². The average molecular weight is 995 g/mol. The van der Waals surface area contributed by atoms with E-state index in [1.165, 1.54) is 64.2 Å². The molecule has 382 valence electrons. The number of phosphoric ester groups is 3. The minimum Gasteiger partial charge on any atom is -0.462 e. The van der Waals surface area contributed by atoms with E-state index in [0.717, 1.165) is 77.0 Å². The third kappa shape index (κ3) is 32.1. The lowest BCUT2D eigenvalue weighted by Gasteiger charge is -2.44. The predicted octanol–water partition coefficient (Wildman–Crippen LogP) is 8.29. The topological polar surface area (TPSA) is 303 Å². The van der Waals surface area contributed by atoms with Gasteiger partial charge in [-0.2, -0.15) is 0 Å². The number of hydrogen-bond donors (Lipinski definition) is 8. The summed E-state index contributed by atoms with van der Waals surface area (Å²) in [7, 11) is -16.6. The van der Waals surface area contributed by atoms with Crippen molar-refractivity contribution in [3.05, 3.63) is 24.3 Å². The van der Waals surface area contributed by atoms with Crippen LogP contribution in [0.3, 0.4) is 0 Å². The minimum atomic E-state index is -5.60. The number of rotatable bonds is 40. The molecule has 8 N–H and O–H groups in total. The molecule has 1 fully saturated rings. The Labute approximate surface area is 386 Å². The fourth-order valence-corrected chi connectivity index (χ4v) is 9.31. The Kier molecular flexibility index (Phi) is 33.9. The molecule has 0 radical (unpaired) electrons. The maximum atomic E-state index is 13.1. The summed E-state index contributed by atoms with van der Waals surface area (Å²) in [6.45, 7) is 2.87. The fourth-order valence-electron chi connectivity index (χ4n) is 7.21. The summed E-state index contributed by atoms with van der Waals surface area (Å²) in [6, 6.07) is 0. The van der Waals surface area contributed by atoms with E-state index in [9.17, 15) is 63.1 Å². The number of ether oxygens (including phenoxy) is 2. The van der Waals surface area contributed by atoms with Crippen molar-refractivity contribution in [2.45, 2.75) is 224 Å². The first-order valence-electron chi connectivity index (χ1n) is 23.6. The van der Waals surface area contributed by atoms with Gasteiger partial charge in [-0.25, -0.2) is 13.7 Å². The third-order valence-electron chi connectivity index (χ3n) is 10.7. The number of aliphatic hydroxyl groups is 3. The molecule has 1 aliphatic rings. The maximum absolute atomic E-state index is 13.1. The largest absolute Gasteiger partial charge is 0.472 e. The number of allylic oxidation sites excluding steroid dienone is 4. The van der Waals surface area contributed by atoms with Gasteiger partial charge < -0.3 is 49.3 Å². The highest BCUT2D eigenvalue weighted by Gasteiger charge is 2.56. The number of carbonyl (C=O) groups is 2. The molecule has 65 heavy (non-hydrogen) atoms. The van der Waals surface area contributed by atoms with Crippen LogP contribution in [-0.4, -0.2) is 108 Å². The highest BCUT2D eigenvalue weighted by Crippen LogP contribution is 2.51. The maximum Gasteiger partial charge on any atom is 0.472 e. The Morgan fingerprint density at radius 2 is 0.923 bits per heavy atom. The SMILES string of the molecule is CCCC=CCC=CCCCCCCCC(=O)O[C@H](COC(=O)CCCCCCCCCCCCCCCCC)COP(=O)(O)O[C@H]1C(O)C(O)C(OP(=O)(O)O)[C@@H](OP(=O)(O)O)C1O. The molecule has 22 heteroatoms. The number of phosphoric acid groups is 3. The molecule has 0 amide bonds. The lowest BCUT2D eigenvalue weighted by molar-refractivity contribution is -0.213. The third-order valence-corrected chi connectivity index (χ3v) is 12.8. The van der Waals surface area contributed by atoms with Crippen LogP contribution >= 0.6 is 23.5 Å². The van der Waals surface area contributed by atoms with Crippen LogP contribution in [-0.2, 0) is 50.9 Å². The first-order chi connectivity index (χ1) is 30.8. The van der Waals surface area contributed by atoms with Crippen LogP contribution in [0.1, 0.15) is 181 Å². The van der Waals surface area contributed by atoms with Gasteiger partial charge in [0.1, 0.15) is 43.2 Å². The van der Waals surface area contributed by atoms with Gasteiger partial charge in [0.05, 0.1) is 6.61 Å². The van der Waals surface area contributed by atoms with Crippen molar-refractivity contribution in [2.75, 3.05) is 13.2 Å². The zero-order valence-corrected chi connectivity index (χ0v) is 41.2. The van der Waals surface area contributed by atoms with Gasteiger partial charge in [0.25, 0.3) is 0 Å². The summed E-state index contributed by atoms with van der Waals surface area (Å²) in [5.41, 5.74) is 0. The second-order valence-electron chi connectivity index (χ2n) is 16.7. The van der Waals surface area contributed by atoms with Gasteiger partial charge in [0, 0.05) is 12.8 Å². The van der Waals surface area contributed by atoms with E-state index in [0.29, 0.717) is 12.8 Å². The van der Waals surface area contributed by atoms with Gasteiger partial charge in [-0.1, -0.05) is 154 Å². The molecule has 1 saturated carbocycles. The Bertz CT molecular complexity index is 1470. The van der Waals surface area contributed by atoms with Gasteiger partial charge in [-0.15, -0.1) is 0 Å². The molecule has 0 aromatic rings. The van der Waals surface area contributed by atoms with E-state index in [1.807, 2.05) is 0 Å². The number of aliphatic hydroxyl groups excluding tert-OH is 3. The number of carbonyl (C=O) groups excluding carboxylic acids is 2. The Morgan fingerprint density at radius 3 is 1.42 bits per heavy atom. The van der Waals surface area contributed by atoms with Crippen LogP contribution < -0.4 is 0 Å². The van der Waals surface area contributed by atoms with Crippen LogP contribution in [0.5, 0.6) is 0 Å². The van der Waals surface area contributed by atoms with Crippen LogP contribution in [0.4, 0.5) is 0 Å². The first kappa shape index (κ1) is 61.6. The van der Waals surface area contributed by atoms with Crippen molar-refractivity contribution >= 4 is 35.4 Å². The molecule has 0 heterocycles. The molecule has 8 atom stereocenters. The normalized spacial score (nSPS) is 22.1. The van der Waals surface area contributed by atoms with E-state index in [1.54, 1.807) is 0 Å². The van der Waals surface area contributed by atoms with E-state index in [2.05, 4.69) is 47.2 Å². The predicted molar refractivity (Wildman–Crippen MR) is 243 cm³/mol. The van der Waals surface area contributed by atoms with Crippen LogP contribution in [0, 0.1) is 0 Å². The molecule has 5 unspecified atom stereocenters. The molecular formula is C43H81O19P3. The molecule has 0 saturated heterocycles. The second kappa shape index (κ2) is 35.7. The second-order valence-corrected chi connectivity index (χ2v) is 20.5. The number of esters is 2. The molecule has 1 aliphatic carbocycles. The molecular weight excluding hydrogens is 913 g/mol. The van der Waals surface area contributed by atoms with Crippen molar-refractivity contribution in [3.63, 3.8) is 0 Å². The van der Waals surface area contributed by atoms with Crippen LogP contribution in [0.15, 0.2) is 24.3 Å². The first-order valence-corrected chi connectivity index (χ1v) is 28.2. The molecule has 0 bridgehead atoms. The highest BCUT2D eigenvalue weighted by molar-refractivity contribution is 7.47. The minimum absolute atomic E-state index is 0.0159. The molecule has 1 rings (SSSR count). The van der Waals surface area contributed by atoms with Crippen LogP contribution in [0.2, 0.25) is 0 Å². The summed E-state index contributed by atoms with van der Waals surface area (Å²) in [6.07, 6.45) is 17.7. The summed E-state index contributed by atoms with van der Waals surface area (Å²) < 4.78 is 65.4. The zero-order valence-electron chi connectivity index (χ0n) is 38.6. The standard InChI is InChI=1S/C43H81O19P3/c1-3-5-7-9-11-13-15-17-18-20-21-23-25-27-29-31-36(44)57-33-35(59-37(45)32-30-28-26-24-22-19-16-14-12-10-8-6-4-2)34-58-65(55,56)62-41-38(46)39(47)42(60-63(49,50)51)43(40(41)48)61-64(52,53)54/h8,10,14,16,35,38-43,46-48H,3-7,9,11-13,15,17-34H2,1-2H3,(H,55,56)(H2,49,50,51)(H2,52,53,54)/t35-,38?,39?,40?,41+,42?,43+/m1/s1. The van der Waals surface area contributed by atoms with E-state index >= 15 is 0 Å². The van der Waals surface area contributed by atoms with Crippen LogP contribution in [0.25, 0.3) is 0 Å². The Hall–Kier alpha value is -1.37. The number of unbranched alkanes of at least 4 members (excludes halogenated alkanes) is 20.